The first-order valence-electron chi connectivity index (χ1n) is 15.9. The molecule has 0 bridgehead atoms. The molecule has 4 nitrogen and oxygen atoms in total. The summed E-state index contributed by atoms with van der Waals surface area (Å²) in [6, 6.07) is 26.1. The number of rotatable bonds is 9. The van der Waals surface area contributed by atoms with Gasteiger partial charge in [0.05, 0.1) is 0 Å². The van der Waals surface area contributed by atoms with Crippen LogP contribution in [0.3, 0.4) is 0 Å². The molecule has 3 atom stereocenters. The zero-order valence-electron chi connectivity index (χ0n) is 24.0. The average Bonchev–Trinajstić information content (AvgIpc) is 3.40. The van der Waals surface area contributed by atoms with Crippen LogP contribution in [0, 0.1) is 17.8 Å². The van der Waals surface area contributed by atoms with E-state index in [1.165, 1.54) is 73.5 Å². The Labute approximate surface area is 240 Å². The molecule has 0 spiro atoms. The summed E-state index contributed by atoms with van der Waals surface area (Å²) in [5, 5.41) is 13.1. The maximum Gasteiger partial charge on any atom is 0.321 e. The highest BCUT2D eigenvalue weighted by Gasteiger charge is 2.43. The van der Waals surface area contributed by atoms with E-state index in [-0.39, 0.29) is 6.04 Å². The SMILES string of the molecule is O=C(O)C(C1CCCCC1)N1CC(CN2CCC(CCc3cccc4ccccc34)CC2)C(c2ccccc2)C1. The highest BCUT2D eigenvalue weighted by atomic mass is 16.4. The lowest BCUT2D eigenvalue weighted by atomic mass is 9.83. The second kappa shape index (κ2) is 12.9. The van der Waals surface area contributed by atoms with Gasteiger partial charge < -0.3 is 10.0 Å². The normalized spacial score (nSPS) is 24.4. The summed E-state index contributed by atoms with van der Waals surface area (Å²) < 4.78 is 0. The number of piperidine rings is 1. The maximum absolute atomic E-state index is 12.5. The summed E-state index contributed by atoms with van der Waals surface area (Å²) in [6.45, 7) is 5.22. The number of hydrogen-bond acceptors (Lipinski definition) is 3. The van der Waals surface area contributed by atoms with Crippen LogP contribution in [-0.2, 0) is 11.2 Å². The molecular formula is C36H46N2O2. The van der Waals surface area contributed by atoms with Crippen LogP contribution in [0.5, 0.6) is 0 Å². The minimum Gasteiger partial charge on any atom is -0.480 e. The van der Waals surface area contributed by atoms with E-state index in [1.807, 2.05) is 0 Å². The highest BCUT2D eigenvalue weighted by molar-refractivity contribution is 5.85. The lowest BCUT2D eigenvalue weighted by Gasteiger charge is -2.35. The number of carboxylic acid groups (broad SMARTS) is 1. The van der Waals surface area contributed by atoms with Crippen LogP contribution < -0.4 is 0 Å². The number of hydrogen-bond donors (Lipinski definition) is 1. The third kappa shape index (κ3) is 6.29. The van der Waals surface area contributed by atoms with Gasteiger partial charge in [0.25, 0.3) is 0 Å². The smallest absolute Gasteiger partial charge is 0.321 e. The molecule has 212 valence electrons. The van der Waals surface area contributed by atoms with Crippen molar-refractivity contribution in [2.45, 2.75) is 69.7 Å². The molecule has 1 aliphatic carbocycles. The van der Waals surface area contributed by atoms with Crippen molar-refractivity contribution in [2.75, 3.05) is 32.7 Å². The van der Waals surface area contributed by atoms with E-state index < -0.39 is 5.97 Å². The molecule has 4 heteroatoms. The molecule has 6 rings (SSSR count). The van der Waals surface area contributed by atoms with E-state index in [0.717, 1.165) is 44.8 Å². The Morgan fingerprint density at radius 1 is 0.825 bits per heavy atom. The largest absolute Gasteiger partial charge is 0.480 e. The Morgan fingerprint density at radius 3 is 2.33 bits per heavy atom. The van der Waals surface area contributed by atoms with Gasteiger partial charge in [-0.1, -0.05) is 92.1 Å². The van der Waals surface area contributed by atoms with Gasteiger partial charge >= 0.3 is 5.97 Å². The van der Waals surface area contributed by atoms with Gasteiger partial charge in [-0.05, 0) is 91.3 Å². The number of likely N-dealkylation sites (tertiary alicyclic amines) is 2. The van der Waals surface area contributed by atoms with E-state index in [4.69, 9.17) is 0 Å². The van der Waals surface area contributed by atoms with Gasteiger partial charge in [0.1, 0.15) is 6.04 Å². The Morgan fingerprint density at radius 2 is 1.55 bits per heavy atom. The van der Waals surface area contributed by atoms with Crippen LogP contribution in [-0.4, -0.2) is 59.6 Å². The summed E-state index contributed by atoms with van der Waals surface area (Å²) in [5.74, 6) is 1.39. The number of carbonyl (C=O) groups is 1. The van der Waals surface area contributed by atoms with Crippen molar-refractivity contribution in [2.24, 2.45) is 17.8 Å². The first kappa shape index (κ1) is 27.5. The van der Waals surface area contributed by atoms with E-state index >= 15 is 0 Å². The third-order valence-corrected chi connectivity index (χ3v) is 10.3. The van der Waals surface area contributed by atoms with Crippen LogP contribution in [0.1, 0.15) is 68.4 Å². The third-order valence-electron chi connectivity index (χ3n) is 10.3. The first-order chi connectivity index (χ1) is 19.7. The highest BCUT2D eigenvalue weighted by Crippen LogP contribution is 2.39. The molecule has 3 fully saturated rings. The second-order valence-corrected chi connectivity index (χ2v) is 12.8. The van der Waals surface area contributed by atoms with E-state index in [9.17, 15) is 9.90 Å². The Kier molecular flexibility index (Phi) is 8.84. The molecule has 0 amide bonds. The van der Waals surface area contributed by atoms with Gasteiger partial charge in [-0.2, -0.15) is 0 Å². The van der Waals surface area contributed by atoms with Crippen LogP contribution in [0.15, 0.2) is 72.8 Å². The van der Waals surface area contributed by atoms with E-state index in [1.54, 1.807) is 0 Å². The zero-order valence-corrected chi connectivity index (χ0v) is 24.0. The minimum atomic E-state index is -0.605. The summed E-state index contributed by atoms with van der Waals surface area (Å²) >= 11 is 0. The number of carboxylic acids is 1. The second-order valence-electron chi connectivity index (χ2n) is 12.8. The maximum atomic E-state index is 12.5. The van der Waals surface area contributed by atoms with Crippen LogP contribution in [0.4, 0.5) is 0 Å². The summed E-state index contributed by atoms with van der Waals surface area (Å²) in [5.41, 5.74) is 2.87. The van der Waals surface area contributed by atoms with Gasteiger partial charge in [-0.3, -0.25) is 9.69 Å². The molecule has 1 saturated carbocycles. The summed E-state index contributed by atoms with van der Waals surface area (Å²) in [4.78, 5) is 17.6. The topological polar surface area (TPSA) is 43.8 Å². The number of nitrogens with zero attached hydrogens (tertiary/aromatic N) is 2. The molecular weight excluding hydrogens is 492 g/mol. The number of aliphatic carboxylic acids is 1. The number of benzene rings is 3. The summed E-state index contributed by atoms with van der Waals surface area (Å²) in [7, 11) is 0. The molecule has 2 saturated heterocycles. The van der Waals surface area contributed by atoms with Crippen molar-refractivity contribution >= 4 is 16.7 Å². The van der Waals surface area contributed by atoms with Gasteiger partial charge in [-0.25, -0.2) is 0 Å². The molecule has 3 unspecified atom stereocenters. The predicted molar refractivity (Wildman–Crippen MR) is 164 cm³/mol. The Hall–Kier alpha value is -2.69. The fraction of sp³-hybridized carbons (Fsp3) is 0.528. The molecule has 3 aromatic carbocycles. The van der Waals surface area contributed by atoms with Crippen molar-refractivity contribution in [3.05, 3.63) is 83.9 Å². The van der Waals surface area contributed by atoms with Gasteiger partial charge in [0, 0.05) is 25.6 Å². The number of aryl methyl sites for hydroxylation is 1. The molecule has 0 radical (unpaired) electrons. The quantitative estimate of drug-likeness (QED) is 0.312. The van der Waals surface area contributed by atoms with Gasteiger partial charge in [-0.15, -0.1) is 0 Å². The van der Waals surface area contributed by atoms with Crippen LogP contribution >= 0.6 is 0 Å². The molecule has 2 heterocycles. The average molecular weight is 539 g/mol. The monoisotopic (exact) mass is 538 g/mol. The molecule has 2 aliphatic heterocycles. The molecule has 40 heavy (non-hydrogen) atoms. The fourth-order valence-electron chi connectivity index (χ4n) is 8.16. The number of fused-ring (bicyclic) bond motifs is 1. The fourth-order valence-corrected chi connectivity index (χ4v) is 8.16. The van der Waals surface area contributed by atoms with Crippen molar-refractivity contribution in [3.8, 4) is 0 Å². The van der Waals surface area contributed by atoms with Gasteiger partial charge in [0.15, 0.2) is 0 Å². The Balaban J connectivity index is 1.08. The zero-order chi connectivity index (χ0) is 27.3. The van der Waals surface area contributed by atoms with Crippen molar-refractivity contribution in [1.82, 2.24) is 9.80 Å². The Bertz CT molecular complexity index is 1240. The van der Waals surface area contributed by atoms with Gasteiger partial charge in [0.2, 0.25) is 0 Å². The molecule has 3 aliphatic rings. The predicted octanol–water partition coefficient (Wildman–Crippen LogP) is 7.23. The van der Waals surface area contributed by atoms with Crippen molar-refractivity contribution < 1.29 is 9.90 Å². The standard InChI is InChI=1S/C36H46N2O2/c39-36(40)35(31-13-5-2-6-14-31)38-25-32(34(26-38)29-10-3-1-4-11-29)24-37-22-20-27(21-23-37)18-19-30-16-9-15-28-12-7-8-17-33(28)30/h1,3-4,7-12,15-17,27,31-32,34-35H,2,5-6,13-14,18-26H2,(H,39,40). The minimum absolute atomic E-state index is 0.305. The summed E-state index contributed by atoms with van der Waals surface area (Å²) in [6.07, 6.45) is 10.8. The van der Waals surface area contributed by atoms with E-state index in [2.05, 4.69) is 82.6 Å². The van der Waals surface area contributed by atoms with Crippen molar-refractivity contribution in [3.63, 3.8) is 0 Å². The lowest BCUT2D eigenvalue weighted by Crippen LogP contribution is -2.46. The van der Waals surface area contributed by atoms with E-state index in [0.29, 0.717) is 17.8 Å². The molecule has 3 aromatic rings. The molecule has 0 aromatic heterocycles. The van der Waals surface area contributed by atoms with Crippen molar-refractivity contribution in [1.29, 1.82) is 0 Å². The molecule has 1 N–H and O–H groups in total. The van der Waals surface area contributed by atoms with Crippen LogP contribution in [0.2, 0.25) is 0 Å². The lowest BCUT2D eigenvalue weighted by molar-refractivity contribution is -0.145. The van der Waals surface area contributed by atoms with Crippen LogP contribution in [0.25, 0.3) is 10.8 Å². The first-order valence-corrected chi connectivity index (χ1v) is 15.9.